The molecule has 0 aliphatic heterocycles. The minimum atomic E-state index is -0.970. The van der Waals surface area contributed by atoms with Crippen LogP contribution in [0.4, 0.5) is 4.79 Å². The minimum Gasteiger partial charge on any atom is -0.481 e. The molecule has 170 valence electrons. The lowest BCUT2D eigenvalue weighted by atomic mass is 9.98. The zero-order valence-corrected chi connectivity index (χ0v) is 18.6. The predicted molar refractivity (Wildman–Crippen MR) is 121 cm³/mol. The third kappa shape index (κ3) is 5.10. The van der Waals surface area contributed by atoms with Crippen LogP contribution in [0.25, 0.3) is 11.1 Å². The van der Waals surface area contributed by atoms with Crippen molar-refractivity contribution in [2.75, 3.05) is 13.2 Å². The summed E-state index contributed by atoms with van der Waals surface area (Å²) in [6.45, 7) is 5.36. The molecule has 0 heterocycles. The molecule has 0 fully saturated rings. The Labute approximate surface area is 188 Å². The molecular weight excluding hydrogens is 408 g/mol. The first kappa shape index (κ1) is 23.3. The summed E-state index contributed by atoms with van der Waals surface area (Å²) < 4.78 is 5.51. The van der Waals surface area contributed by atoms with Gasteiger partial charge in [0.2, 0.25) is 5.91 Å². The standard InChI is InChI=1S/C25H30N2O5/c1-4-17(23(28)27-16(3)15(2)24(29)30)13-26-25(31)32-14-22-20-11-7-5-9-18(20)19-10-6-8-12-21(19)22/h5-12,15-17,22H,4,13-14H2,1-3H3,(H,26,31)(H,27,28)(H,29,30). The van der Waals surface area contributed by atoms with E-state index >= 15 is 0 Å². The van der Waals surface area contributed by atoms with Crippen LogP contribution in [0, 0.1) is 11.8 Å². The molecule has 0 bridgehead atoms. The molecule has 7 heteroatoms. The lowest BCUT2D eigenvalue weighted by Crippen LogP contribution is -2.45. The van der Waals surface area contributed by atoms with Crippen molar-refractivity contribution < 1.29 is 24.2 Å². The highest BCUT2D eigenvalue weighted by Gasteiger charge is 2.29. The molecule has 3 N–H and O–H groups in total. The number of carbonyl (C=O) groups is 3. The van der Waals surface area contributed by atoms with Gasteiger partial charge in [0, 0.05) is 18.5 Å². The van der Waals surface area contributed by atoms with E-state index in [1.165, 1.54) is 0 Å². The van der Waals surface area contributed by atoms with Crippen LogP contribution in [0.2, 0.25) is 0 Å². The summed E-state index contributed by atoms with van der Waals surface area (Å²) in [5, 5.41) is 14.5. The fourth-order valence-electron chi connectivity index (χ4n) is 3.96. The molecule has 2 aromatic rings. The van der Waals surface area contributed by atoms with Gasteiger partial charge in [0.05, 0.1) is 11.8 Å². The Morgan fingerprint density at radius 2 is 1.56 bits per heavy atom. The van der Waals surface area contributed by atoms with Crippen LogP contribution < -0.4 is 10.6 Å². The average molecular weight is 439 g/mol. The van der Waals surface area contributed by atoms with Gasteiger partial charge in [-0.25, -0.2) is 4.79 Å². The van der Waals surface area contributed by atoms with E-state index in [0.29, 0.717) is 6.42 Å². The van der Waals surface area contributed by atoms with E-state index in [0.717, 1.165) is 22.3 Å². The number of benzene rings is 2. The van der Waals surface area contributed by atoms with Gasteiger partial charge in [-0.15, -0.1) is 0 Å². The molecule has 3 rings (SSSR count). The largest absolute Gasteiger partial charge is 0.481 e. The first-order valence-corrected chi connectivity index (χ1v) is 11.0. The minimum absolute atomic E-state index is 0.0308. The number of carboxylic acid groups (broad SMARTS) is 1. The van der Waals surface area contributed by atoms with Crippen LogP contribution in [0.1, 0.15) is 44.2 Å². The van der Waals surface area contributed by atoms with E-state index in [1.54, 1.807) is 13.8 Å². The zero-order chi connectivity index (χ0) is 23.3. The normalized spacial score (nSPS) is 15.1. The second-order valence-electron chi connectivity index (χ2n) is 8.24. The van der Waals surface area contributed by atoms with E-state index in [-0.39, 0.29) is 25.0 Å². The molecule has 0 radical (unpaired) electrons. The Morgan fingerprint density at radius 3 is 2.09 bits per heavy atom. The molecule has 0 saturated carbocycles. The molecule has 32 heavy (non-hydrogen) atoms. The summed E-state index contributed by atoms with van der Waals surface area (Å²) in [6, 6.07) is 15.7. The van der Waals surface area contributed by atoms with Crippen molar-refractivity contribution in [1.29, 1.82) is 0 Å². The lowest BCUT2D eigenvalue weighted by molar-refractivity contribution is -0.142. The Hall–Kier alpha value is -3.35. The van der Waals surface area contributed by atoms with Crippen molar-refractivity contribution in [3.05, 3.63) is 59.7 Å². The maximum absolute atomic E-state index is 12.5. The summed E-state index contributed by atoms with van der Waals surface area (Å²) in [5.74, 6) is -2.46. The monoisotopic (exact) mass is 438 g/mol. The fourth-order valence-corrected chi connectivity index (χ4v) is 3.96. The molecule has 0 aromatic heterocycles. The maximum atomic E-state index is 12.5. The van der Waals surface area contributed by atoms with Gasteiger partial charge in [-0.2, -0.15) is 0 Å². The first-order chi connectivity index (χ1) is 15.3. The van der Waals surface area contributed by atoms with Crippen LogP contribution >= 0.6 is 0 Å². The number of amides is 2. The van der Waals surface area contributed by atoms with E-state index in [9.17, 15) is 14.4 Å². The Kier molecular flexibility index (Phi) is 7.51. The number of aliphatic carboxylic acids is 1. The molecule has 1 aliphatic carbocycles. The number of carboxylic acids is 1. The molecular formula is C25H30N2O5. The van der Waals surface area contributed by atoms with Crippen LogP contribution in [-0.4, -0.2) is 42.3 Å². The smallest absolute Gasteiger partial charge is 0.407 e. The van der Waals surface area contributed by atoms with Gasteiger partial charge in [-0.3, -0.25) is 9.59 Å². The van der Waals surface area contributed by atoms with E-state index in [4.69, 9.17) is 9.84 Å². The summed E-state index contributed by atoms with van der Waals surface area (Å²) >= 11 is 0. The van der Waals surface area contributed by atoms with Crippen LogP contribution in [0.15, 0.2) is 48.5 Å². The quantitative estimate of drug-likeness (QED) is 0.553. The second kappa shape index (κ2) is 10.3. The Morgan fingerprint density at radius 1 is 1.00 bits per heavy atom. The number of nitrogens with one attached hydrogen (secondary N) is 2. The van der Waals surface area contributed by atoms with Crippen molar-refractivity contribution >= 4 is 18.0 Å². The van der Waals surface area contributed by atoms with Crippen molar-refractivity contribution in [2.45, 2.75) is 39.2 Å². The fraction of sp³-hybridized carbons (Fsp3) is 0.400. The SMILES string of the molecule is CCC(CNC(=O)OCC1c2ccccc2-c2ccccc21)C(=O)NC(C)C(C)C(=O)O. The third-order valence-electron chi connectivity index (χ3n) is 6.21. The van der Waals surface area contributed by atoms with E-state index in [1.807, 2.05) is 31.2 Å². The molecule has 2 aromatic carbocycles. The van der Waals surface area contributed by atoms with E-state index in [2.05, 4.69) is 34.9 Å². The Balaban J connectivity index is 1.54. The predicted octanol–water partition coefficient (Wildman–Crippen LogP) is 3.78. The molecule has 3 atom stereocenters. The van der Waals surface area contributed by atoms with Gasteiger partial charge in [-0.05, 0) is 42.5 Å². The van der Waals surface area contributed by atoms with Crippen LogP contribution in [-0.2, 0) is 14.3 Å². The molecule has 1 aliphatic rings. The zero-order valence-electron chi connectivity index (χ0n) is 18.6. The Bertz CT molecular complexity index is 944. The summed E-state index contributed by atoms with van der Waals surface area (Å²) in [5.41, 5.74) is 4.58. The number of hydrogen-bond donors (Lipinski definition) is 3. The molecule has 7 nitrogen and oxygen atoms in total. The highest BCUT2D eigenvalue weighted by Crippen LogP contribution is 2.44. The highest BCUT2D eigenvalue weighted by molar-refractivity contribution is 5.81. The van der Waals surface area contributed by atoms with Gasteiger partial charge >= 0.3 is 12.1 Å². The van der Waals surface area contributed by atoms with Gasteiger partial charge < -0.3 is 20.5 Å². The van der Waals surface area contributed by atoms with Gasteiger partial charge in [0.1, 0.15) is 6.61 Å². The van der Waals surface area contributed by atoms with Gasteiger partial charge in [-0.1, -0.05) is 55.5 Å². The summed E-state index contributed by atoms with van der Waals surface area (Å²) in [7, 11) is 0. The van der Waals surface area contributed by atoms with Crippen LogP contribution in [0.5, 0.6) is 0 Å². The van der Waals surface area contributed by atoms with Crippen molar-refractivity contribution in [1.82, 2.24) is 10.6 Å². The number of hydrogen-bond acceptors (Lipinski definition) is 4. The third-order valence-corrected chi connectivity index (χ3v) is 6.21. The highest BCUT2D eigenvalue weighted by atomic mass is 16.5. The van der Waals surface area contributed by atoms with Crippen molar-refractivity contribution in [3.8, 4) is 11.1 Å². The number of carbonyl (C=O) groups excluding carboxylic acids is 2. The number of rotatable bonds is 9. The average Bonchev–Trinajstić information content (AvgIpc) is 3.11. The molecule has 0 spiro atoms. The number of alkyl carbamates (subject to hydrolysis) is 1. The van der Waals surface area contributed by atoms with Crippen molar-refractivity contribution in [2.24, 2.45) is 11.8 Å². The lowest BCUT2D eigenvalue weighted by Gasteiger charge is -2.22. The topological polar surface area (TPSA) is 105 Å². The van der Waals surface area contributed by atoms with Crippen molar-refractivity contribution in [3.63, 3.8) is 0 Å². The van der Waals surface area contributed by atoms with Gasteiger partial charge in [0.15, 0.2) is 0 Å². The molecule has 0 saturated heterocycles. The first-order valence-electron chi connectivity index (χ1n) is 11.0. The number of fused-ring (bicyclic) bond motifs is 3. The maximum Gasteiger partial charge on any atom is 0.407 e. The summed E-state index contributed by atoms with van der Waals surface area (Å²) in [6.07, 6.45) is -0.0750. The molecule has 2 amide bonds. The van der Waals surface area contributed by atoms with Crippen LogP contribution in [0.3, 0.4) is 0 Å². The summed E-state index contributed by atoms with van der Waals surface area (Å²) in [4.78, 5) is 35.9. The molecule has 3 unspecified atom stereocenters. The van der Waals surface area contributed by atoms with Gasteiger partial charge in [0.25, 0.3) is 0 Å². The van der Waals surface area contributed by atoms with E-state index < -0.39 is 29.9 Å². The number of ether oxygens (including phenoxy) is 1. The second-order valence-corrected chi connectivity index (χ2v) is 8.24.